The molecule has 0 unspecified atom stereocenters. The number of hydrogen-bond donors (Lipinski definition) is 1. The van der Waals surface area contributed by atoms with Gasteiger partial charge in [-0.15, -0.1) is 0 Å². The Labute approximate surface area is 184 Å². The number of aromatic hydroxyl groups is 1. The van der Waals surface area contributed by atoms with Gasteiger partial charge in [0.15, 0.2) is 0 Å². The van der Waals surface area contributed by atoms with Crippen LogP contribution in [0.4, 0.5) is 0 Å². The molecule has 2 aliphatic rings. The summed E-state index contributed by atoms with van der Waals surface area (Å²) in [6, 6.07) is 14.6. The van der Waals surface area contributed by atoms with Gasteiger partial charge in [0.05, 0.1) is 17.6 Å². The summed E-state index contributed by atoms with van der Waals surface area (Å²) in [6.45, 7) is 4.07. The highest BCUT2D eigenvalue weighted by Gasteiger charge is 2.48. The minimum absolute atomic E-state index is 0.0615. The molecule has 31 heavy (non-hydrogen) atoms. The molecule has 2 aliphatic carbocycles. The molecule has 164 valence electrons. The van der Waals surface area contributed by atoms with Gasteiger partial charge in [-0.25, -0.2) is 0 Å². The lowest BCUT2D eigenvalue weighted by Crippen LogP contribution is -2.45. The molecule has 2 aromatic rings. The minimum Gasteiger partial charge on any atom is -0.508 e. The number of hydrogen-bond acceptors (Lipinski definition) is 5. The number of nitriles is 1. The summed E-state index contributed by atoms with van der Waals surface area (Å²) in [6.07, 6.45) is 3.91. The lowest BCUT2D eigenvalue weighted by molar-refractivity contribution is -0.000777. The van der Waals surface area contributed by atoms with E-state index in [9.17, 15) is 18.8 Å². The van der Waals surface area contributed by atoms with Crippen molar-refractivity contribution in [1.29, 1.82) is 5.26 Å². The van der Waals surface area contributed by atoms with Crippen molar-refractivity contribution in [2.45, 2.75) is 56.8 Å². The van der Waals surface area contributed by atoms with Crippen LogP contribution in [0.25, 0.3) is 0 Å². The van der Waals surface area contributed by atoms with Crippen LogP contribution in [-0.4, -0.2) is 20.1 Å². The predicted octanol–water partition coefficient (Wildman–Crippen LogP) is 5.08. The molecular weight excluding hydrogens is 410 g/mol. The number of nitrogens with zero attached hydrogens (tertiary/aromatic N) is 1. The molecule has 5 nitrogen and oxygen atoms in total. The van der Waals surface area contributed by atoms with Crippen LogP contribution in [0.2, 0.25) is 0 Å². The summed E-state index contributed by atoms with van der Waals surface area (Å²) in [5.74, 6) is 0.998. The molecule has 2 aromatic carbocycles. The molecule has 0 aromatic heterocycles. The van der Waals surface area contributed by atoms with Crippen LogP contribution in [0.3, 0.4) is 0 Å². The van der Waals surface area contributed by atoms with E-state index in [1.54, 1.807) is 30.3 Å². The van der Waals surface area contributed by atoms with E-state index in [0.717, 1.165) is 31.2 Å². The number of rotatable bonds is 5. The van der Waals surface area contributed by atoms with Gasteiger partial charge in [-0.1, -0.05) is 30.7 Å². The monoisotopic (exact) mass is 439 g/mol. The summed E-state index contributed by atoms with van der Waals surface area (Å²) < 4.78 is 31.1. The van der Waals surface area contributed by atoms with Crippen LogP contribution in [0.5, 0.6) is 5.75 Å². The van der Waals surface area contributed by atoms with E-state index in [1.807, 2.05) is 19.1 Å². The highest BCUT2D eigenvalue weighted by atomic mass is 32.2. The molecule has 0 bridgehead atoms. The van der Waals surface area contributed by atoms with Crippen molar-refractivity contribution in [2.75, 3.05) is 6.61 Å². The fraction of sp³-hybridized carbons (Fsp3) is 0.480. The third kappa shape index (κ3) is 4.22. The van der Waals surface area contributed by atoms with Crippen molar-refractivity contribution in [1.82, 2.24) is 0 Å². The second kappa shape index (κ2) is 8.29. The summed E-state index contributed by atoms with van der Waals surface area (Å²) in [4.78, 5) is 0.165. The maximum atomic E-state index is 12.8. The molecule has 0 spiro atoms. The molecule has 1 fully saturated rings. The van der Waals surface area contributed by atoms with Crippen LogP contribution < -0.4 is 0 Å². The van der Waals surface area contributed by atoms with Crippen molar-refractivity contribution in [3.63, 3.8) is 0 Å². The van der Waals surface area contributed by atoms with Crippen molar-refractivity contribution < 1.29 is 17.7 Å². The van der Waals surface area contributed by atoms with Crippen molar-refractivity contribution in [2.24, 2.45) is 17.3 Å². The first-order valence-electron chi connectivity index (χ1n) is 10.9. The Morgan fingerprint density at radius 3 is 2.65 bits per heavy atom. The second-order valence-electron chi connectivity index (χ2n) is 9.38. The van der Waals surface area contributed by atoms with E-state index in [-0.39, 0.29) is 22.8 Å². The van der Waals surface area contributed by atoms with Crippen LogP contribution >= 0.6 is 0 Å². The average molecular weight is 440 g/mol. The Bertz CT molecular complexity index is 1100. The molecule has 1 N–H and O–H groups in total. The van der Waals surface area contributed by atoms with E-state index in [1.165, 1.54) is 11.1 Å². The van der Waals surface area contributed by atoms with E-state index in [0.29, 0.717) is 24.0 Å². The van der Waals surface area contributed by atoms with Gasteiger partial charge in [0.1, 0.15) is 5.75 Å². The van der Waals surface area contributed by atoms with Gasteiger partial charge in [-0.05, 0) is 91.2 Å². The highest BCUT2D eigenvalue weighted by Crippen LogP contribution is 2.56. The van der Waals surface area contributed by atoms with Gasteiger partial charge in [-0.2, -0.15) is 13.7 Å². The predicted molar refractivity (Wildman–Crippen MR) is 118 cm³/mol. The molecule has 0 saturated heterocycles. The van der Waals surface area contributed by atoms with Gasteiger partial charge in [-0.3, -0.25) is 4.18 Å². The van der Waals surface area contributed by atoms with Crippen LogP contribution in [0.15, 0.2) is 47.4 Å². The van der Waals surface area contributed by atoms with Gasteiger partial charge < -0.3 is 5.11 Å². The minimum atomic E-state index is -3.85. The molecule has 6 heteroatoms. The number of phenolic OH excluding ortho intramolecular Hbond substituents is 1. The van der Waals surface area contributed by atoms with Crippen molar-refractivity contribution in [3.05, 3.63) is 59.2 Å². The summed E-state index contributed by atoms with van der Waals surface area (Å²) in [5, 5.41) is 19.4. The molecule has 1 saturated carbocycles. The fourth-order valence-electron chi connectivity index (χ4n) is 5.62. The van der Waals surface area contributed by atoms with Crippen LogP contribution in [0.1, 0.15) is 55.2 Å². The Kier molecular flexibility index (Phi) is 5.85. The zero-order chi connectivity index (χ0) is 22.2. The SMILES string of the molecule is Cc1ccc(S(=O)(=O)OC[C@@]2(C)CC[C@@H]3c4ccc(O)cc4CC[C@H]3[C@@H]2CC#N)cc1. The third-order valence-corrected chi connectivity index (χ3v) is 8.67. The van der Waals surface area contributed by atoms with Gasteiger partial charge in [0.25, 0.3) is 10.1 Å². The number of benzene rings is 2. The Balaban J connectivity index is 1.56. The van der Waals surface area contributed by atoms with Crippen LogP contribution in [0, 0.1) is 35.5 Å². The number of phenols is 1. The standard InChI is InChI=1S/C25H29NO4S/c1-17-3-7-20(8-4-17)31(28,29)30-16-25(2)13-11-22-21-10-6-19(27)15-18(21)5-9-23(22)24(25)12-14-26/h3-4,6-8,10,15,22-24,27H,5,9,11-13,16H2,1-2H3/t22-,23-,24+,25-/m1/s1. The van der Waals surface area contributed by atoms with Crippen molar-refractivity contribution >= 4 is 10.1 Å². The largest absolute Gasteiger partial charge is 0.508 e. The smallest absolute Gasteiger partial charge is 0.296 e. The summed E-state index contributed by atoms with van der Waals surface area (Å²) >= 11 is 0. The van der Waals surface area contributed by atoms with Gasteiger partial charge in [0.2, 0.25) is 0 Å². The second-order valence-corrected chi connectivity index (χ2v) is 11.0. The molecule has 0 amide bonds. The fourth-order valence-corrected chi connectivity index (χ4v) is 6.65. The number of fused-ring (bicyclic) bond motifs is 3. The average Bonchev–Trinajstić information content (AvgIpc) is 2.74. The van der Waals surface area contributed by atoms with Crippen molar-refractivity contribution in [3.8, 4) is 11.8 Å². The summed E-state index contributed by atoms with van der Waals surface area (Å²) in [7, 11) is -3.85. The van der Waals surface area contributed by atoms with Crippen LogP contribution in [-0.2, 0) is 20.7 Å². The first kappa shape index (κ1) is 21.9. The first-order chi connectivity index (χ1) is 14.7. The lowest BCUT2D eigenvalue weighted by Gasteiger charge is -2.51. The van der Waals surface area contributed by atoms with Gasteiger partial charge >= 0.3 is 0 Å². The van der Waals surface area contributed by atoms with E-state index in [4.69, 9.17) is 4.18 Å². The Hall–Kier alpha value is -2.36. The maximum Gasteiger partial charge on any atom is 0.296 e. The summed E-state index contributed by atoms with van der Waals surface area (Å²) in [5.41, 5.74) is 3.07. The molecule has 0 heterocycles. The Morgan fingerprint density at radius 2 is 1.94 bits per heavy atom. The topological polar surface area (TPSA) is 87.4 Å². The zero-order valence-electron chi connectivity index (χ0n) is 18.0. The molecule has 4 rings (SSSR count). The molecule has 0 aliphatic heterocycles. The van der Waals surface area contributed by atoms with E-state index >= 15 is 0 Å². The van der Waals surface area contributed by atoms with Gasteiger partial charge in [0, 0.05) is 6.42 Å². The third-order valence-electron chi connectivity index (χ3n) is 7.39. The van der Waals surface area contributed by atoms with E-state index in [2.05, 4.69) is 13.0 Å². The van der Waals surface area contributed by atoms with E-state index < -0.39 is 10.1 Å². The first-order valence-corrected chi connectivity index (χ1v) is 12.3. The normalized spacial score (nSPS) is 27.7. The maximum absolute atomic E-state index is 12.8. The Morgan fingerprint density at radius 1 is 1.19 bits per heavy atom. The zero-order valence-corrected chi connectivity index (χ0v) is 18.9. The molecular formula is C25H29NO4S. The number of aryl methyl sites for hydroxylation is 2. The molecule has 0 radical (unpaired) electrons. The lowest BCUT2D eigenvalue weighted by atomic mass is 9.54. The highest BCUT2D eigenvalue weighted by molar-refractivity contribution is 7.86. The quantitative estimate of drug-likeness (QED) is 0.656. The molecule has 4 atom stereocenters.